The predicted molar refractivity (Wildman–Crippen MR) is 113 cm³/mol. The lowest BCUT2D eigenvalue weighted by Gasteiger charge is -2.12. The molecule has 0 aliphatic heterocycles. The maximum absolute atomic E-state index is 14.5. The second kappa shape index (κ2) is 7.97. The standard InChI is InChI=1S/C23H23FN2O2S/c1-25-15-19-14-23(21-7-2-3-8-22(21)24)26(16-19)29(27,28)20-6-4-5-18(13-20)12-11-17-9-10-17/h2-8,11-14,16-17,25H,9-10,15H2,1H3/b12-11+. The molecule has 2 aromatic carbocycles. The van der Waals surface area contributed by atoms with Gasteiger partial charge in [0.15, 0.2) is 0 Å². The van der Waals surface area contributed by atoms with Crippen molar-refractivity contribution in [3.8, 4) is 11.3 Å². The fraction of sp³-hybridized carbons (Fsp3) is 0.217. The summed E-state index contributed by atoms with van der Waals surface area (Å²) in [4.78, 5) is 0.180. The number of hydrogen-bond donors (Lipinski definition) is 1. The molecule has 29 heavy (non-hydrogen) atoms. The summed E-state index contributed by atoms with van der Waals surface area (Å²) in [7, 11) is -2.11. The Balaban J connectivity index is 1.80. The van der Waals surface area contributed by atoms with Crippen LogP contribution < -0.4 is 5.32 Å². The zero-order valence-corrected chi connectivity index (χ0v) is 17.0. The van der Waals surface area contributed by atoms with Crippen molar-refractivity contribution < 1.29 is 12.8 Å². The summed E-state index contributed by atoms with van der Waals surface area (Å²) in [5.74, 6) is 0.149. The topological polar surface area (TPSA) is 51.1 Å². The molecule has 0 spiro atoms. The van der Waals surface area contributed by atoms with E-state index in [1.54, 1.807) is 55.7 Å². The molecule has 150 valence electrons. The Morgan fingerprint density at radius 1 is 1.14 bits per heavy atom. The molecule has 0 radical (unpaired) electrons. The number of hydrogen-bond acceptors (Lipinski definition) is 3. The average molecular weight is 411 g/mol. The summed E-state index contributed by atoms with van der Waals surface area (Å²) in [5.41, 5.74) is 2.17. The normalized spacial score (nSPS) is 14.6. The molecule has 0 atom stereocenters. The monoisotopic (exact) mass is 410 g/mol. The second-order valence-corrected chi connectivity index (χ2v) is 9.13. The van der Waals surface area contributed by atoms with Crippen LogP contribution in [0.3, 0.4) is 0 Å². The van der Waals surface area contributed by atoms with E-state index in [0.29, 0.717) is 18.2 Å². The van der Waals surface area contributed by atoms with Crippen molar-refractivity contribution >= 4 is 16.1 Å². The van der Waals surface area contributed by atoms with Crippen molar-refractivity contribution in [3.05, 3.63) is 83.8 Å². The highest BCUT2D eigenvalue weighted by atomic mass is 32.2. The van der Waals surface area contributed by atoms with E-state index in [2.05, 4.69) is 11.4 Å². The van der Waals surface area contributed by atoms with E-state index in [1.165, 1.54) is 22.9 Å². The number of halogens is 1. The van der Waals surface area contributed by atoms with Crippen LogP contribution in [-0.2, 0) is 16.6 Å². The summed E-state index contributed by atoms with van der Waals surface area (Å²) in [6, 6.07) is 14.8. The van der Waals surface area contributed by atoms with Gasteiger partial charge in [0.2, 0.25) is 0 Å². The number of nitrogens with zero attached hydrogens (tertiary/aromatic N) is 1. The van der Waals surface area contributed by atoms with Crippen LogP contribution in [0.2, 0.25) is 0 Å². The van der Waals surface area contributed by atoms with Gasteiger partial charge in [-0.05, 0) is 67.3 Å². The van der Waals surface area contributed by atoms with E-state index in [-0.39, 0.29) is 10.5 Å². The van der Waals surface area contributed by atoms with Gasteiger partial charge in [-0.15, -0.1) is 0 Å². The molecule has 4 nitrogen and oxygen atoms in total. The van der Waals surface area contributed by atoms with Crippen molar-refractivity contribution in [1.29, 1.82) is 0 Å². The third-order valence-electron chi connectivity index (χ3n) is 4.97. The van der Waals surface area contributed by atoms with Gasteiger partial charge in [0.05, 0.1) is 10.6 Å². The summed E-state index contributed by atoms with van der Waals surface area (Å²) >= 11 is 0. The van der Waals surface area contributed by atoms with E-state index in [0.717, 1.165) is 11.1 Å². The Labute approximate surface area is 170 Å². The molecule has 3 aromatic rings. The van der Waals surface area contributed by atoms with Crippen molar-refractivity contribution in [1.82, 2.24) is 9.29 Å². The Bertz CT molecular complexity index is 1160. The maximum Gasteiger partial charge on any atom is 0.268 e. The van der Waals surface area contributed by atoms with Crippen molar-refractivity contribution in [2.24, 2.45) is 5.92 Å². The predicted octanol–water partition coefficient (Wildman–Crippen LogP) is 4.67. The highest BCUT2D eigenvalue weighted by Gasteiger charge is 2.23. The summed E-state index contributed by atoms with van der Waals surface area (Å²) in [5, 5.41) is 3.01. The summed E-state index contributed by atoms with van der Waals surface area (Å²) in [6.45, 7) is 0.480. The van der Waals surface area contributed by atoms with E-state index >= 15 is 0 Å². The number of nitrogens with one attached hydrogen (secondary N) is 1. The van der Waals surface area contributed by atoms with Gasteiger partial charge in [-0.1, -0.05) is 36.4 Å². The number of aromatic nitrogens is 1. The van der Waals surface area contributed by atoms with Gasteiger partial charge in [0.1, 0.15) is 5.82 Å². The molecule has 4 rings (SSSR count). The van der Waals surface area contributed by atoms with Crippen LogP contribution in [-0.4, -0.2) is 19.4 Å². The molecule has 1 aliphatic rings. The van der Waals surface area contributed by atoms with Gasteiger partial charge >= 0.3 is 0 Å². The fourth-order valence-corrected chi connectivity index (χ4v) is 4.74. The Morgan fingerprint density at radius 2 is 1.93 bits per heavy atom. The average Bonchev–Trinajstić information content (AvgIpc) is 3.45. The molecule has 0 amide bonds. The Hall–Kier alpha value is -2.70. The Morgan fingerprint density at radius 3 is 2.66 bits per heavy atom. The molecule has 1 N–H and O–H groups in total. The van der Waals surface area contributed by atoms with Crippen LogP contribution in [0.15, 0.2) is 71.8 Å². The molecule has 0 saturated heterocycles. The van der Waals surface area contributed by atoms with Crippen LogP contribution in [0.1, 0.15) is 24.0 Å². The number of benzene rings is 2. The lowest BCUT2D eigenvalue weighted by atomic mass is 10.1. The van der Waals surface area contributed by atoms with Crippen LogP contribution in [0.25, 0.3) is 17.3 Å². The fourth-order valence-electron chi connectivity index (χ4n) is 3.29. The smallest absolute Gasteiger partial charge is 0.268 e. The van der Waals surface area contributed by atoms with Crippen LogP contribution in [0.5, 0.6) is 0 Å². The minimum atomic E-state index is -3.89. The lowest BCUT2D eigenvalue weighted by Crippen LogP contribution is -2.14. The summed E-state index contributed by atoms with van der Waals surface area (Å²) in [6.07, 6.45) is 8.03. The molecule has 1 aromatic heterocycles. The van der Waals surface area contributed by atoms with Gasteiger partial charge < -0.3 is 5.32 Å². The molecule has 6 heteroatoms. The van der Waals surface area contributed by atoms with Gasteiger partial charge in [0, 0.05) is 18.3 Å². The quantitative estimate of drug-likeness (QED) is 0.616. The molecule has 1 fully saturated rings. The highest BCUT2D eigenvalue weighted by Crippen LogP contribution is 2.32. The lowest BCUT2D eigenvalue weighted by molar-refractivity contribution is 0.587. The van der Waals surface area contributed by atoms with E-state index in [1.807, 2.05) is 12.1 Å². The molecular formula is C23H23FN2O2S. The largest absolute Gasteiger partial charge is 0.316 e. The SMILES string of the molecule is CNCc1cc(-c2ccccc2F)n(S(=O)(=O)c2cccc(/C=C/C3CC3)c2)c1. The van der Waals surface area contributed by atoms with Crippen molar-refractivity contribution in [2.75, 3.05) is 7.05 Å². The van der Waals surface area contributed by atoms with Crippen molar-refractivity contribution in [3.63, 3.8) is 0 Å². The first-order valence-corrected chi connectivity index (χ1v) is 11.1. The van der Waals surface area contributed by atoms with E-state index < -0.39 is 15.8 Å². The Kier molecular flexibility index (Phi) is 5.39. The first-order valence-electron chi connectivity index (χ1n) is 9.63. The molecular weight excluding hydrogens is 387 g/mol. The first kappa shape index (κ1) is 19.6. The van der Waals surface area contributed by atoms with E-state index in [9.17, 15) is 12.8 Å². The maximum atomic E-state index is 14.5. The van der Waals surface area contributed by atoms with Gasteiger partial charge in [-0.3, -0.25) is 0 Å². The second-order valence-electron chi connectivity index (χ2n) is 7.31. The third kappa shape index (κ3) is 4.18. The number of rotatable bonds is 7. The van der Waals surface area contributed by atoms with Gasteiger partial charge in [0.25, 0.3) is 10.0 Å². The van der Waals surface area contributed by atoms with Crippen molar-refractivity contribution in [2.45, 2.75) is 24.3 Å². The third-order valence-corrected chi connectivity index (χ3v) is 6.64. The zero-order chi connectivity index (χ0) is 20.4. The zero-order valence-electron chi connectivity index (χ0n) is 16.2. The highest BCUT2D eigenvalue weighted by molar-refractivity contribution is 7.90. The van der Waals surface area contributed by atoms with E-state index in [4.69, 9.17) is 0 Å². The molecule has 0 unspecified atom stereocenters. The molecule has 0 bridgehead atoms. The van der Waals surface area contributed by atoms with Crippen LogP contribution in [0, 0.1) is 11.7 Å². The van der Waals surface area contributed by atoms with Crippen LogP contribution in [0.4, 0.5) is 4.39 Å². The minimum absolute atomic E-state index is 0.180. The number of allylic oxidation sites excluding steroid dienone is 1. The first-order chi connectivity index (χ1) is 14.0. The molecule has 1 saturated carbocycles. The minimum Gasteiger partial charge on any atom is -0.316 e. The molecule has 1 heterocycles. The van der Waals surface area contributed by atoms with Gasteiger partial charge in [-0.2, -0.15) is 0 Å². The van der Waals surface area contributed by atoms with Gasteiger partial charge in [-0.25, -0.2) is 16.8 Å². The summed E-state index contributed by atoms with van der Waals surface area (Å²) < 4.78 is 42.5. The molecule has 1 aliphatic carbocycles. The van der Waals surface area contributed by atoms with Crippen LogP contribution >= 0.6 is 0 Å².